The first-order valence-corrected chi connectivity index (χ1v) is 11.7. The third kappa shape index (κ3) is 4.09. The van der Waals surface area contributed by atoms with Crippen LogP contribution in [0.5, 0.6) is 0 Å². The molecule has 0 spiro atoms. The summed E-state index contributed by atoms with van der Waals surface area (Å²) >= 11 is 0. The molecule has 0 saturated heterocycles. The smallest absolute Gasteiger partial charge is 0.335 e. The second-order valence-corrected chi connectivity index (χ2v) is 8.71. The largest absolute Gasteiger partial charge is 0.478 e. The summed E-state index contributed by atoms with van der Waals surface area (Å²) in [6.45, 7) is 0. The standard InChI is InChI=1S/C30H22N4O2/c35-30(36)23-10-13-25(14-11-23)34-29(22-8-6-21(7-9-22)20-4-2-1-3-5-20)19-27(33-34)24-12-15-26-28(18-24)32-17-16-31-26/h1-18,29H,19H2,(H,35,36). The topological polar surface area (TPSA) is 78.7 Å². The fraction of sp³-hybridized carbons (Fsp3) is 0.0667. The summed E-state index contributed by atoms with van der Waals surface area (Å²) in [5.74, 6) is -0.947. The number of rotatable bonds is 5. The van der Waals surface area contributed by atoms with Gasteiger partial charge in [0.05, 0.1) is 34.0 Å². The fourth-order valence-corrected chi connectivity index (χ4v) is 4.61. The molecule has 1 aliphatic heterocycles. The lowest BCUT2D eigenvalue weighted by atomic mass is 9.96. The molecule has 1 N–H and O–H groups in total. The minimum Gasteiger partial charge on any atom is -0.478 e. The highest BCUT2D eigenvalue weighted by Crippen LogP contribution is 2.37. The number of carbonyl (C=O) groups is 1. The lowest BCUT2D eigenvalue weighted by molar-refractivity contribution is 0.0697. The zero-order chi connectivity index (χ0) is 24.5. The molecule has 6 rings (SSSR count). The Morgan fingerprint density at radius 2 is 1.42 bits per heavy atom. The Morgan fingerprint density at radius 3 is 2.14 bits per heavy atom. The highest BCUT2D eigenvalue weighted by atomic mass is 16.4. The molecule has 5 aromatic rings. The molecule has 0 amide bonds. The molecule has 6 heteroatoms. The van der Waals surface area contributed by atoms with Crippen molar-refractivity contribution in [1.29, 1.82) is 0 Å². The minimum absolute atomic E-state index is 0.0296. The first kappa shape index (κ1) is 21.7. The molecule has 0 saturated carbocycles. The van der Waals surface area contributed by atoms with E-state index < -0.39 is 5.97 Å². The lowest BCUT2D eigenvalue weighted by Crippen LogP contribution is -2.18. The number of anilines is 1. The van der Waals surface area contributed by atoms with Gasteiger partial charge in [-0.1, -0.05) is 60.7 Å². The fourth-order valence-electron chi connectivity index (χ4n) is 4.61. The van der Waals surface area contributed by atoms with Gasteiger partial charge in [-0.2, -0.15) is 5.10 Å². The summed E-state index contributed by atoms with van der Waals surface area (Å²) in [5, 5.41) is 16.3. The summed E-state index contributed by atoms with van der Waals surface area (Å²) < 4.78 is 0. The van der Waals surface area contributed by atoms with E-state index in [1.165, 1.54) is 5.56 Å². The Kier molecular flexibility index (Phi) is 5.46. The van der Waals surface area contributed by atoms with Crippen LogP contribution < -0.4 is 5.01 Å². The van der Waals surface area contributed by atoms with Crippen LogP contribution in [-0.2, 0) is 0 Å². The summed E-state index contributed by atoms with van der Waals surface area (Å²) in [6, 6.07) is 31.7. The summed E-state index contributed by atoms with van der Waals surface area (Å²) in [7, 11) is 0. The van der Waals surface area contributed by atoms with E-state index in [9.17, 15) is 9.90 Å². The van der Waals surface area contributed by atoms with Gasteiger partial charge < -0.3 is 5.11 Å². The Morgan fingerprint density at radius 1 is 0.750 bits per heavy atom. The Balaban J connectivity index is 1.38. The van der Waals surface area contributed by atoms with Crippen LogP contribution in [0.2, 0.25) is 0 Å². The Bertz CT molecular complexity index is 1580. The van der Waals surface area contributed by atoms with E-state index in [1.54, 1.807) is 24.5 Å². The number of aromatic nitrogens is 2. The second kappa shape index (κ2) is 9.07. The second-order valence-electron chi connectivity index (χ2n) is 8.71. The zero-order valence-corrected chi connectivity index (χ0v) is 19.3. The Hall–Kier alpha value is -4.84. The molecule has 174 valence electrons. The van der Waals surface area contributed by atoms with Crippen LogP contribution >= 0.6 is 0 Å². The Labute approximate surface area is 208 Å². The van der Waals surface area contributed by atoms with E-state index in [2.05, 4.69) is 46.4 Å². The average molecular weight is 471 g/mol. The van der Waals surface area contributed by atoms with Crippen LogP contribution in [0.3, 0.4) is 0 Å². The van der Waals surface area contributed by atoms with E-state index in [0.717, 1.165) is 39.1 Å². The number of hydrogen-bond donors (Lipinski definition) is 1. The number of fused-ring (bicyclic) bond motifs is 1. The van der Waals surface area contributed by atoms with E-state index in [0.29, 0.717) is 6.42 Å². The molecular weight excluding hydrogens is 448 g/mol. The minimum atomic E-state index is -0.947. The van der Waals surface area contributed by atoms with Crippen LogP contribution in [0, 0.1) is 0 Å². The maximum Gasteiger partial charge on any atom is 0.335 e. The van der Waals surface area contributed by atoms with Gasteiger partial charge in [-0.25, -0.2) is 4.79 Å². The molecule has 0 radical (unpaired) electrons. The molecule has 1 atom stereocenters. The predicted molar refractivity (Wildman–Crippen MR) is 141 cm³/mol. The van der Waals surface area contributed by atoms with Gasteiger partial charge in [0.25, 0.3) is 0 Å². The van der Waals surface area contributed by atoms with Gasteiger partial charge in [0, 0.05) is 24.4 Å². The maximum absolute atomic E-state index is 11.4. The van der Waals surface area contributed by atoms with E-state index >= 15 is 0 Å². The molecule has 4 aromatic carbocycles. The van der Waals surface area contributed by atoms with Crippen molar-refractivity contribution in [1.82, 2.24) is 9.97 Å². The van der Waals surface area contributed by atoms with Gasteiger partial charge in [0.15, 0.2) is 0 Å². The summed E-state index contributed by atoms with van der Waals surface area (Å²) in [6.07, 6.45) is 4.08. The van der Waals surface area contributed by atoms with Crippen LogP contribution in [0.15, 0.2) is 115 Å². The van der Waals surface area contributed by atoms with Gasteiger partial charge in [0.1, 0.15) is 0 Å². The molecule has 2 heterocycles. The number of hydrazone groups is 1. The van der Waals surface area contributed by atoms with Gasteiger partial charge in [-0.3, -0.25) is 15.0 Å². The molecule has 0 fully saturated rings. The van der Waals surface area contributed by atoms with Gasteiger partial charge in [-0.15, -0.1) is 0 Å². The number of benzene rings is 4. The van der Waals surface area contributed by atoms with E-state index in [4.69, 9.17) is 5.10 Å². The number of hydrogen-bond acceptors (Lipinski definition) is 5. The van der Waals surface area contributed by atoms with Crippen molar-refractivity contribution in [2.45, 2.75) is 12.5 Å². The third-order valence-corrected chi connectivity index (χ3v) is 6.49. The lowest BCUT2D eigenvalue weighted by Gasteiger charge is -2.24. The van der Waals surface area contributed by atoms with Crippen LogP contribution in [-0.4, -0.2) is 26.8 Å². The number of aromatic carboxylic acids is 1. The zero-order valence-electron chi connectivity index (χ0n) is 19.3. The quantitative estimate of drug-likeness (QED) is 0.324. The van der Waals surface area contributed by atoms with Crippen molar-refractivity contribution in [2.24, 2.45) is 5.10 Å². The molecule has 6 nitrogen and oxygen atoms in total. The molecule has 36 heavy (non-hydrogen) atoms. The van der Waals surface area contributed by atoms with E-state index in [1.807, 2.05) is 53.5 Å². The maximum atomic E-state index is 11.4. The van der Waals surface area contributed by atoms with Crippen molar-refractivity contribution >= 4 is 28.4 Å². The molecule has 1 aromatic heterocycles. The van der Waals surface area contributed by atoms with Gasteiger partial charge in [0.2, 0.25) is 0 Å². The monoisotopic (exact) mass is 470 g/mol. The normalized spacial score (nSPS) is 15.2. The molecule has 1 aliphatic rings. The summed E-state index contributed by atoms with van der Waals surface area (Å²) in [5.41, 5.74) is 8.16. The van der Waals surface area contributed by atoms with Crippen molar-refractivity contribution in [2.75, 3.05) is 5.01 Å². The first-order valence-electron chi connectivity index (χ1n) is 11.7. The van der Waals surface area contributed by atoms with Crippen molar-refractivity contribution in [3.63, 3.8) is 0 Å². The van der Waals surface area contributed by atoms with Crippen LogP contribution in [0.25, 0.3) is 22.2 Å². The number of carboxylic acid groups (broad SMARTS) is 1. The first-order chi connectivity index (χ1) is 17.7. The van der Waals surface area contributed by atoms with Crippen LogP contribution in [0.1, 0.15) is 33.9 Å². The van der Waals surface area contributed by atoms with Crippen molar-refractivity contribution in [3.05, 3.63) is 126 Å². The average Bonchev–Trinajstić information content (AvgIpc) is 3.39. The highest BCUT2D eigenvalue weighted by molar-refractivity contribution is 6.05. The van der Waals surface area contributed by atoms with Gasteiger partial charge in [-0.05, 0) is 53.1 Å². The molecular formula is C30H22N4O2. The number of carboxylic acids is 1. The van der Waals surface area contributed by atoms with E-state index in [-0.39, 0.29) is 11.6 Å². The molecule has 0 aliphatic carbocycles. The molecule has 0 bridgehead atoms. The van der Waals surface area contributed by atoms with Gasteiger partial charge >= 0.3 is 5.97 Å². The van der Waals surface area contributed by atoms with Crippen molar-refractivity contribution in [3.8, 4) is 11.1 Å². The number of nitrogens with zero attached hydrogens (tertiary/aromatic N) is 4. The predicted octanol–water partition coefficient (Wildman–Crippen LogP) is 6.35. The SMILES string of the molecule is O=C(O)c1ccc(N2N=C(c3ccc4nccnc4c3)CC2c2ccc(-c3ccccc3)cc2)cc1. The molecule has 1 unspecified atom stereocenters. The highest BCUT2D eigenvalue weighted by Gasteiger charge is 2.30. The van der Waals surface area contributed by atoms with Crippen molar-refractivity contribution < 1.29 is 9.90 Å². The third-order valence-electron chi connectivity index (χ3n) is 6.49. The van der Waals surface area contributed by atoms with Crippen LogP contribution in [0.4, 0.5) is 5.69 Å². The summed E-state index contributed by atoms with van der Waals surface area (Å²) in [4.78, 5) is 20.2.